The summed E-state index contributed by atoms with van der Waals surface area (Å²) in [6.07, 6.45) is 18.4. The molecule has 4 rings (SSSR count). The molecular formula is C28H44O2. The van der Waals surface area contributed by atoms with Crippen LogP contribution < -0.4 is 0 Å². The van der Waals surface area contributed by atoms with Gasteiger partial charge < -0.3 is 0 Å². The molecular weight excluding hydrogens is 368 g/mol. The van der Waals surface area contributed by atoms with E-state index >= 15 is 0 Å². The van der Waals surface area contributed by atoms with E-state index in [1.54, 1.807) is 5.57 Å². The minimum atomic E-state index is -0.00939. The SMILES string of the molecule is CC(C)[C@H](C)/C=C/[C@@H](C)[C@H]1CC[C@H]2C3=CC=C4C[C@@H](OO)CC[C@]4(C)[C@H]3CC[C@]12C. The third-order valence-electron chi connectivity index (χ3n) is 10.2. The lowest BCUT2D eigenvalue weighted by atomic mass is 9.50. The van der Waals surface area contributed by atoms with Crippen molar-refractivity contribution in [1.82, 2.24) is 0 Å². The van der Waals surface area contributed by atoms with Gasteiger partial charge in [-0.2, -0.15) is 0 Å². The maximum absolute atomic E-state index is 9.20. The van der Waals surface area contributed by atoms with E-state index in [1.807, 2.05) is 0 Å². The van der Waals surface area contributed by atoms with Gasteiger partial charge in [0.15, 0.2) is 0 Å². The van der Waals surface area contributed by atoms with Crippen molar-refractivity contribution in [2.45, 2.75) is 92.6 Å². The molecule has 0 aromatic carbocycles. The van der Waals surface area contributed by atoms with Gasteiger partial charge in [0.25, 0.3) is 0 Å². The summed E-state index contributed by atoms with van der Waals surface area (Å²) in [5.41, 5.74) is 3.99. The Bertz CT molecular complexity index is 731. The highest BCUT2D eigenvalue weighted by atomic mass is 17.1. The second-order valence-electron chi connectivity index (χ2n) is 11.9. The molecule has 3 saturated carbocycles. The van der Waals surface area contributed by atoms with Gasteiger partial charge in [0.1, 0.15) is 0 Å². The second-order valence-corrected chi connectivity index (χ2v) is 11.9. The maximum Gasteiger partial charge on any atom is 0.0964 e. The zero-order valence-electron chi connectivity index (χ0n) is 20.2. The first kappa shape index (κ1) is 22.3. The fourth-order valence-electron chi connectivity index (χ4n) is 7.67. The summed E-state index contributed by atoms with van der Waals surface area (Å²) in [6, 6.07) is 0. The number of hydrogen-bond donors (Lipinski definition) is 1. The first-order valence-corrected chi connectivity index (χ1v) is 12.6. The summed E-state index contributed by atoms with van der Waals surface area (Å²) in [5, 5.41) is 9.20. The Morgan fingerprint density at radius 2 is 1.73 bits per heavy atom. The fraction of sp³-hybridized carbons (Fsp3) is 0.786. The Balaban J connectivity index is 1.56. The van der Waals surface area contributed by atoms with E-state index in [4.69, 9.17) is 4.89 Å². The third-order valence-corrected chi connectivity index (χ3v) is 10.2. The van der Waals surface area contributed by atoms with Crippen LogP contribution in [0.25, 0.3) is 0 Å². The average Bonchev–Trinajstić information content (AvgIpc) is 3.08. The Morgan fingerprint density at radius 3 is 2.43 bits per heavy atom. The van der Waals surface area contributed by atoms with Crippen LogP contribution in [-0.2, 0) is 4.89 Å². The second kappa shape index (κ2) is 8.24. The molecule has 8 atom stereocenters. The van der Waals surface area contributed by atoms with Crippen molar-refractivity contribution < 1.29 is 10.1 Å². The zero-order valence-corrected chi connectivity index (χ0v) is 20.2. The summed E-state index contributed by atoms with van der Waals surface area (Å²) < 4.78 is 0. The van der Waals surface area contributed by atoms with Gasteiger partial charge in [-0.15, -0.1) is 0 Å². The van der Waals surface area contributed by atoms with Gasteiger partial charge in [0.2, 0.25) is 0 Å². The average molecular weight is 413 g/mol. The summed E-state index contributed by atoms with van der Waals surface area (Å²) in [6.45, 7) is 14.6. The van der Waals surface area contributed by atoms with Crippen molar-refractivity contribution in [1.29, 1.82) is 0 Å². The van der Waals surface area contributed by atoms with Gasteiger partial charge in [-0.1, -0.05) is 77.0 Å². The van der Waals surface area contributed by atoms with Crippen molar-refractivity contribution in [3.05, 3.63) is 35.5 Å². The monoisotopic (exact) mass is 412 g/mol. The predicted octanol–water partition coefficient (Wildman–Crippen LogP) is 7.83. The van der Waals surface area contributed by atoms with Crippen LogP contribution in [0.4, 0.5) is 0 Å². The summed E-state index contributed by atoms with van der Waals surface area (Å²) >= 11 is 0. The van der Waals surface area contributed by atoms with E-state index < -0.39 is 0 Å². The molecule has 0 spiro atoms. The van der Waals surface area contributed by atoms with Crippen LogP contribution >= 0.6 is 0 Å². The van der Waals surface area contributed by atoms with Crippen LogP contribution in [0.1, 0.15) is 86.5 Å². The summed E-state index contributed by atoms with van der Waals surface area (Å²) in [7, 11) is 0. The topological polar surface area (TPSA) is 29.5 Å². The van der Waals surface area contributed by atoms with E-state index in [1.165, 1.54) is 31.3 Å². The molecule has 4 aliphatic rings. The molecule has 2 heteroatoms. The molecule has 0 unspecified atom stereocenters. The van der Waals surface area contributed by atoms with Crippen molar-refractivity contribution in [3.8, 4) is 0 Å². The molecule has 30 heavy (non-hydrogen) atoms. The van der Waals surface area contributed by atoms with Crippen LogP contribution in [0.15, 0.2) is 35.5 Å². The molecule has 0 radical (unpaired) electrons. The normalized spacial score (nSPS) is 42.9. The van der Waals surface area contributed by atoms with Crippen LogP contribution in [0, 0.1) is 46.3 Å². The molecule has 2 nitrogen and oxygen atoms in total. The molecule has 0 saturated heterocycles. The number of allylic oxidation sites excluding steroid dienone is 5. The maximum atomic E-state index is 9.20. The van der Waals surface area contributed by atoms with E-state index in [2.05, 4.69) is 65.8 Å². The molecule has 0 aromatic rings. The summed E-state index contributed by atoms with van der Waals surface area (Å²) in [5.74, 6) is 4.30. The highest BCUT2D eigenvalue weighted by Gasteiger charge is 2.56. The van der Waals surface area contributed by atoms with E-state index in [0.717, 1.165) is 37.0 Å². The van der Waals surface area contributed by atoms with E-state index in [9.17, 15) is 5.26 Å². The number of rotatable bonds is 5. The van der Waals surface area contributed by atoms with Gasteiger partial charge in [-0.3, -0.25) is 5.26 Å². The molecule has 168 valence electrons. The predicted molar refractivity (Wildman–Crippen MR) is 125 cm³/mol. The van der Waals surface area contributed by atoms with Gasteiger partial charge in [-0.05, 0) is 91.3 Å². The molecule has 0 aliphatic heterocycles. The van der Waals surface area contributed by atoms with Crippen LogP contribution in [-0.4, -0.2) is 11.4 Å². The Morgan fingerprint density at radius 1 is 0.967 bits per heavy atom. The highest BCUT2D eigenvalue weighted by molar-refractivity contribution is 5.39. The lowest BCUT2D eigenvalue weighted by Crippen LogP contribution is -2.46. The van der Waals surface area contributed by atoms with Crippen LogP contribution in [0.5, 0.6) is 0 Å². The largest absolute Gasteiger partial charge is 0.252 e. The number of hydrogen-bond acceptors (Lipinski definition) is 2. The van der Waals surface area contributed by atoms with Crippen molar-refractivity contribution in [2.24, 2.45) is 46.3 Å². The molecule has 1 N–H and O–H groups in total. The van der Waals surface area contributed by atoms with Gasteiger partial charge in [-0.25, -0.2) is 4.89 Å². The van der Waals surface area contributed by atoms with Gasteiger partial charge in [0.05, 0.1) is 6.10 Å². The molecule has 0 bridgehead atoms. The summed E-state index contributed by atoms with van der Waals surface area (Å²) in [4.78, 5) is 4.73. The zero-order chi connectivity index (χ0) is 21.7. The minimum absolute atomic E-state index is 0.00939. The van der Waals surface area contributed by atoms with Crippen molar-refractivity contribution in [2.75, 3.05) is 0 Å². The molecule has 3 fully saturated rings. The first-order chi connectivity index (χ1) is 14.2. The Hall–Kier alpha value is -0.860. The third kappa shape index (κ3) is 3.56. The quantitative estimate of drug-likeness (QED) is 0.283. The smallest absolute Gasteiger partial charge is 0.0964 e. The van der Waals surface area contributed by atoms with Crippen molar-refractivity contribution >= 4 is 0 Å². The van der Waals surface area contributed by atoms with Gasteiger partial charge in [0, 0.05) is 0 Å². The highest BCUT2D eigenvalue weighted by Crippen LogP contribution is 2.66. The fourth-order valence-corrected chi connectivity index (χ4v) is 7.67. The van der Waals surface area contributed by atoms with Crippen LogP contribution in [0.3, 0.4) is 0 Å². The Labute approximate surface area is 184 Å². The lowest BCUT2D eigenvalue weighted by Gasteiger charge is -2.55. The first-order valence-electron chi connectivity index (χ1n) is 12.6. The lowest BCUT2D eigenvalue weighted by molar-refractivity contribution is -0.283. The van der Waals surface area contributed by atoms with E-state index in [0.29, 0.717) is 23.2 Å². The van der Waals surface area contributed by atoms with E-state index in [-0.39, 0.29) is 11.5 Å². The number of fused-ring (bicyclic) bond motifs is 5. The standard InChI is InChI=1S/C28H44O2/c1-18(2)19(3)7-8-20(4)24-11-12-25-23-10-9-21-17-22(30-29)13-15-27(21,5)26(23)14-16-28(24,25)6/h7-10,18-20,22,24-26,29H,11-17H2,1-6H3/b8-7+/t19-,20-,22+,24-,25+,26+,27+,28-/m1/s1. The van der Waals surface area contributed by atoms with Crippen LogP contribution in [0.2, 0.25) is 0 Å². The molecule has 0 heterocycles. The van der Waals surface area contributed by atoms with Crippen molar-refractivity contribution in [3.63, 3.8) is 0 Å². The molecule has 0 aromatic heterocycles. The Kier molecular flexibility index (Phi) is 6.14. The molecule has 4 aliphatic carbocycles. The van der Waals surface area contributed by atoms with Gasteiger partial charge >= 0.3 is 0 Å². The molecule has 0 amide bonds. The minimum Gasteiger partial charge on any atom is -0.252 e.